The maximum Gasteiger partial charge on any atom is 0.0637 e. The highest BCUT2D eigenvalue weighted by molar-refractivity contribution is 5.46. The van der Waals surface area contributed by atoms with Crippen LogP contribution in [0.1, 0.15) is 18.5 Å². The molecule has 0 unspecified atom stereocenters. The number of nitrogens with zero attached hydrogens (tertiary/aromatic N) is 2. The molecule has 1 saturated carbocycles. The first-order chi connectivity index (χ1) is 9.83. The van der Waals surface area contributed by atoms with E-state index in [1.54, 1.807) is 14.2 Å². The first-order valence-corrected chi connectivity index (χ1v) is 7.24. The zero-order valence-corrected chi connectivity index (χ0v) is 12.5. The molecule has 20 heavy (non-hydrogen) atoms. The van der Waals surface area contributed by atoms with E-state index < -0.39 is 0 Å². The third-order valence-electron chi connectivity index (χ3n) is 3.45. The van der Waals surface area contributed by atoms with Crippen LogP contribution in [0.3, 0.4) is 0 Å². The zero-order valence-electron chi connectivity index (χ0n) is 12.5. The van der Waals surface area contributed by atoms with Gasteiger partial charge in [0, 0.05) is 51.8 Å². The minimum Gasteiger partial charge on any atom is -0.383 e. The number of ether oxygens (including phenoxy) is 2. The van der Waals surface area contributed by atoms with Crippen molar-refractivity contribution in [3.05, 3.63) is 24.0 Å². The van der Waals surface area contributed by atoms with Crippen molar-refractivity contribution in [3.8, 4) is 0 Å². The smallest absolute Gasteiger partial charge is 0.0637 e. The third-order valence-corrected chi connectivity index (χ3v) is 3.45. The van der Waals surface area contributed by atoms with E-state index in [-0.39, 0.29) is 0 Å². The molecule has 0 aliphatic heterocycles. The first-order valence-electron chi connectivity index (χ1n) is 7.24. The van der Waals surface area contributed by atoms with E-state index in [0.717, 1.165) is 25.3 Å². The van der Waals surface area contributed by atoms with Gasteiger partial charge >= 0.3 is 0 Å². The molecule has 5 heteroatoms. The van der Waals surface area contributed by atoms with Crippen LogP contribution in [-0.4, -0.2) is 51.5 Å². The van der Waals surface area contributed by atoms with Crippen molar-refractivity contribution in [2.75, 3.05) is 45.4 Å². The van der Waals surface area contributed by atoms with Crippen LogP contribution in [0.15, 0.2) is 18.3 Å². The van der Waals surface area contributed by atoms with Gasteiger partial charge in [0.2, 0.25) is 0 Å². The summed E-state index contributed by atoms with van der Waals surface area (Å²) in [4.78, 5) is 6.70. The van der Waals surface area contributed by atoms with Crippen LogP contribution in [0.2, 0.25) is 0 Å². The van der Waals surface area contributed by atoms with Gasteiger partial charge in [-0.1, -0.05) is 0 Å². The van der Waals surface area contributed by atoms with Crippen LogP contribution in [0, 0.1) is 0 Å². The SMILES string of the molecule is COCCN(CCOC)c1ccnc(CNC2CC2)c1. The van der Waals surface area contributed by atoms with Gasteiger partial charge < -0.3 is 19.7 Å². The van der Waals surface area contributed by atoms with E-state index in [1.807, 2.05) is 12.3 Å². The van der Waals surface area contributed by atoms with Crippen LogP contribution >= 0.6 is 0 Å². The third kappa shape index (κ3) is 5.07. The number of pyridine rings is 1. The highest BCUT2D eigenvalue weighted by Gasteiger charge is 2.20. The predicted octanol–water partition coefficient (Wildman–Crippen LogP) is 1.43. The summed E-state index contributed by atoms with van der Waals surface area (Å²) < 4.78 is 10.4. The Morgan fingerprint density at radius 1 is 1.25 bits per heavy atom. The second-order valence-corrected chi connectivity index (χ2v) is 5.13. The number of hydrogen-bond acceptors (Lipinski definition) is 5. The summed E-state index contributed by atoms with van der Waals surface area (Å²) in [5, 5.41) is 3.49. The lowest BCUT2D eigenvalue weighted by Crippen LogP contribution is -2.30. The number of methoxy groups -OCH3 is 2. The number of rotatable bonds is 10. The molecular formula is C15H25N3O2. The molecule has 0 atom stereocenters. The van der Waals surface area contributed by atoms with Crippen molar-refractivity contribution in [1.29, 1.82) is 0 Å². The molecule has 1 aromatic rings. The van der Waals surface area contributed by atoms with Crippen LogP contribution in [0.25, 0.3) is 0 Å². The summed E-state index contributed by atoms with van der Waals surface area (Å²) in [6, 6.07) is 4.91. The highest BCUT2D eigenvalue weighted by atomic mass is 16.5. The molecule has 1 heterocycles. The lowest BCUT2D eigenvalue weighted by Gasteiger charge is -2.24. The van der Waals surface area contributed by atoms with Crippen LogP contribution in [0.4, 0.5) is 5.69 Å². The Labute approximate surface area is 121 Å². The van der Waals surface area contributed by atoms with Crippen LogP contribution < -0.4 is 10.2 Å². The Bertz CT molecular complexity index is 388. The summed E-state index contributed by atoms with van der Waals surface area (Å²) in [5.41, 5.74) is 2.27. The van der Waals surface area contributed by atoms with Gasteiger partial charge in [0.25, 0.3) is 0 Å². The second-order valence-electron chi connectivity index (χ2n) is 5.13. The van der Waals surface area contributed by atoms with Crippen molar-refractivity contribution in [2.24, 2.45) is 0 Å². The fourth-order valence-electron chi connectivity index (χ4n) is 2.07. The molecule has 1 aromatic heterocycles. The van der Waals surface area contributed by atoms with Gasteiger partial charge in [-0.15, -0.1) is 0 Å². The Hall–Kier alpha value is -1.17. The molecule has 2 rings (SSSR count). The molecule has 1 N–H and O–H groups in total. The largest absolute Gasteiger partial charge is 0.383 e. The van der Waals surface area contributed by atoms with E-state index in [2.05, 4.69) is 21.3 Å². The Kier molecular flexibility index (Phi) is 6.24. The number of nitrogens with one attached hydrogen (secondary N) is 1. The van der Waals surface area contributed by atoms with Gasteiger partial charge in [-0.05, 0) is 25.0 Å². The van der Waals surface area contributed by atoms with E-state index in [4.69, 9.17) is 9.47 Å². The van der Waals surface area contributed by atoms with Gasteiger partial charge in [-0.3, -0.25) is 4.98 Å². The Balaban J connectivity index is 1.95. The molecule has 0 bridgehead atoms. The fourth-order valence-corrected chi connectivity index (χ4v) is 2.07. The number of hydrogen-bond donors (Lipinski definition) is 1. The Morgan fingerprint density at radius 3 is 2.55 bits per heavy atom. The van der Waals surface area contributed by atoms with E-state index in [0.29, 0.717) is 19.3 Å². The minimum absolute atomic E-state index is 0.707. The van der Waals surface area contributed by atoms with E-state index >= 15 is 0 Å². The van der Waals surface area contributed by atoms with Crippen molar-refractivity contribution in [1.82, 2.24) is 10.3 Å². The fraction of sp³-hybridized carbons (Fsp3) is 0.667. The van der Waals surface area contributed by atoms with E-state index in [1.165, 1.54) is 18.5 Å². The maximum absolute atomic E-state index is 5.18. The Morgan fingerprint density at radius 2 is 1.95 bits per heavy atom. The van der Waals surface area contributed by atoms with Crippen LogP contribution in [0.5, 0.6) is 0 Å². The average Bonchev–Trinajstić information content (AvgIpc) is 3.30. The minimum atomic E-state index is 0.707. The summed E-state index contributed by atoms with van der Waals surface area (Å²) in [7, 11) is 3.46. The van der Waals surface area contributed by atoms with Crippen molar-refractivity contribution >= 4 is 5.69 Å². The van der Waals surface area contributed by atoms with Crippen molar-refractivity contribution < 1.29 is 9.47 Å². The molecule has 1 fully saturated rings. The molecule has 5 nitrogen and oxygen atoms in total. The molecule has 0 amide bonds. The summed E-state index contributed by atoms with van der Waals surface area (Å²) in [6.45, 7) is 3.99. The second kappa shape index (κ2) is 8.19. The lowest BCUT2D eigenvalue weighted by atomic mass is 10.2. The summed E-state index contributed by atoms with van der Waals surface area (Å²) in [5.74, 6) is 0. The molecule has 112 valence electrons. The van der Waals surface area contributed by atoms with Gasteiger partial charge in [0.1, 0.15) is 0 Å². The molecular weight excluding hydrogens is 254 g/mol. The molecule has 0 saturated heterocycles. The average molecular weight is 279 g/mol. The van der Waals surface area contributed by atoms with Crippen molar-refractivity contribution in [3.63, 3.8) is 0 Å². The highest BCUT2D eigenvalue weighted by Crippen LogP contribution is 2.20. The van der Waals surface area contributed by atoms with Gasteiger partial charge in [-0.2, -0.15) is 0 Å². The standard InChI is InChI=1S/C15H25N3O2/c1-19-9-7-18(8-10-20-2)15-5-6-16-14(11-15)12-17-13-3-4-13/h5-6,11,13,17H,3-4,7-10,12H2,1-2H3. The zero-order chi connectivity index (χ0) is 14.2. The summed E-state index contributed by atoms with van der Waals surface area (Å²) >= 11 is 0. The van der Waals surface area contributed by atoms with Crippen molar-refractivity contribution in [2.45, 2.75) is 25.4 Å². The maximum atomic E-state index is 5.18. The van der Waals surface area contributed by atoms with Gasteiger partial charge in [0.15, 0.2) is 0 Å². The number of aromatic nitrogens is 1. The van der Waals surface area contributed by atoms with Gasteiger partial charge in [-0.25, -0.2) is 0 Å². The van der Waals surface area contributed by atoms with Crippen LogP contribution in [-0.2, 0) is 16.0 Å². The first kappa shape index (κ1) is 15.2. The number of anilines is 1. The van der Waals surface area contributed by atoms with E-state index in [9.17, 15) is 0 Å². The quantitative estimate of drug-likeness (QED) is 0.702. The predicted molar refractivity (Wildman–Crippen MR) is 80.1 cm³/mol. The monoisotopic (exact) mass is 279 g/mol. The topological polar surface area (TPSA) is 46.6 Å². The molecule has 1 aliphatic carbocycles. The summed E-state index contributed by atoms with van der Waals surface area (Å²) in [6.07, 6.45) is 4.48. The normalized spacial score (nSPS) is 14.5. The molecule has 0 radical (unpaired) electrons. The molecule has 1 aliphatic rings. The van der Waals surface area contributed by atoms with Gasteiger partial charge in [0.05, 0.1) is 18.9 Å². The lowest BCUT2D eigenvalue weighted by molar-refractivity contribution is 0.190. The molecule has 0 spiro atoms. The molecule has 0 aromatic carbocycles.